The summed E-state index contributed by atoms with van der Waals surface area (Å²) < 4.78 is 44.3. The van der Waals surface area contributed by atoms with Crippen LogP contribution in [0, 0.1) is 4.91 Å². The molecule has 5 nitrogen and oxygen atoms in total. The van der Waals surface area contributed by atoms with E-state index >= 15 is 0 Å². The maximum absolute atomic E-state index is 12.0. The Hall–Kier alpha value is -1.67. The second-order valence-electron chi connectivity index (χ2n) is 2.95. The van der Waals surface area contributed by atoms with Crippen LogP contribution in [0.2, 0.25) is 0 Å². The minimum Gasteiger partial charge on any atom is -0.405 e. The summed E-state index contributed by atoms with van der Waals surface area (Å²) in [6, 6.07) is 2.85. The number of ether oxygens (including phenoxy) is 2. The highest BCUT2D eigenvalue weighted by Gasteiger charge is 2.33. The largest absolute Gasteiger partial charge is 0.573 e. The summed E-state index contributed by atoms with van der Waals surface area (Å²) in [6.45, 7) is 0. The molecule has 17 heavy (non-hydrogen) atoms. The predicted molar refractivity (Wildman–Crippen MR) is 50.5 cm³/mol. The van der Waals surface area contributed by atoms with Crippen molar-refractivity contribution < 1.29 is 27.8 Å². The Morgan fingerprint density at radius 1 is 1.41 bits per heavy atom. The molecule has 0 fully saturated rings. The molecule has 0 aliphatic carbocycles. The third-order valence-electron chi connectivity index (χ3n) is 1.81. The van der Waals surface area contributed by atoms with Crippen LogP contribution in [0.25, 0.3) is 0 Å². The van der Waals surface area contributed by atoms with Gasteiger partial charge in [-0.25, -0.2) is 0 Å². The van der Waals surface area contributed by atoms with Crippen molar-refractivity contribution in [1.29, 1.82) is 0 Å². The number of aliphatic hydroxyl groups is 1. The van der Waals surface area contributed by atoms with Crippen LogP contribution in [0.1, 0.15) is 11.9 Å². The lowest BCUT2D eigenvalue weighted by molar-refractivity contribution is -0.275. The van der Waals surface area contributed by atoms with E-state index in [0.29, 0.717) is 0 Å². The quantitative estimate of drug-likeness (QED) is 0.659. The average molecular weight is 251 g/mol. The van der Waals surface area contributed by atoms with Gasteiger partial charge in [-0.1, -0.05) is 0 Å². The lowest BCUT2D eigenvalue weighted by atomic mass is 10.1. The molecule has 1 aromatic carbocycles. The molecular weight excluding hydrogens is 243 g/mol. The molecule has 0 saturated heterocycles. The number of benzene rings is 1. The van der Waals surface area contributed by atoms with Crippen molar-refractivity contribution in [1.82, 2.24) is 0 Å². The molecule has 0 aromatic heterocycles. The summed E-state index contributed by atoms with van der Waals surface area (Å²) in [7, 11) is 1.09. The number of methoxy groups -OCH3 is 1. The van der Waals surface area contributed by atoms with Crippen molar-refractivity contribution in [2.45, 2.75) is 12.7 Å². The molecule has 94 valence electrons. The lowest BCUT2D eigenvalue weighted by Gasteiger charge is -2.16. The van der Waals surface area contributed by atoms with Crippen molar-refractivity contribution >= 4 is 5.69 Å². The van der Waals surface area contributed by atoms with E-state index in [1.807, 2.05) is 0 Å². The topological polar surface area (TPSA) is 68.1 Å². The minimum absolute atomic E-state index is 0.148. The summed E-state index contributed by atoms with van der Waals surface area (Å²) >= 11 is 0. The third kappa shape index (κ3) is 3.68. The van der Waals surface area contributed by atoms with E-state index in [2.05, 4.69) is 14.7 Å². The van der Waals surface area contributed by atoms with Gasteiger partial charge in [0, 0.05) is 7.11 Å². The number of rotatable bonds is 4. The first-order chi connectivity index (χ1) is 7.87. The van der Waals surface area contributed by atoms with Gasteiger partial charge in [-0.15, -0.1) is 18.1 Å². The molecule has 1 aromatic rings. The maximum Gasteiger partial charge on any atom is 0.573 e. The van der Waals surface area contributed by atoms with E-state index in [1.54, 1.807) is 0 Å². The summed E-state index contributed by atoms with van der Waals surface area (Å²) in [5, 5.41) is 11.8. The third-order valence-corrected chi connectivity index (χ3v) is 1.81. The molecular formula is C9H8F3NO4. The highest BCUT2D eigenvalue weighted by Crippen LogP contribution is 2.33. The molecule has 8 heteroatoms. The van der Waals surface area contributed by atoms with Gasteiger partial charge in [0.1, 0.15) is 11.4 Å². The fourth-order valence-electron chi connectivity index (χ4n) is 1.13. The van der Waals surface area contributed by atoms with E-state index < -0.39 is 18.4 Å². The molecule has 0 aliphatic rings. The zero-order valence-corrected chi connectivity index (χ0v) is 8.56. The summed E-state index contributed by atoms with van der Waals surface area (Å²) in [4.78, 5) is 10.2. The van der Waals surface area contributed by atoms with Gasteiger partial charge in [0.25, 0.3) is 0 Å². The number of aliphatic hydroxyl groups excluding tert-OH is 1. The molecule has 1 rings (SSSR count). The Bertz CT molecular complexity index is 408. The van der Waals surface area contributed by atoms with Gasteiger partial charge in [0.05, 0.1) is 5.56 Å². The molecule has 0 aliphatic heterocycles. The van der Waals surface area contributed by atoms with Crippen molar-refractivity contribution in [2.75, 3.05) is 7.11 Å². The van der Waals surface area contributed by atoms with Crippen LogP contribution >= 0.6 is 0 Å². The van der Waals surface area contributed by atoms with Crippen LogP contribution in [-0.4, -0.2) is 18.6 Å². The monoisotopic (exact) mass is 251 g/mol. The van der Waals surface area contributed by atoms with Gasteiger partial charge in [-0.3, -0.25) is 0 Å². The number of nitroso groups, excluding NO2 is 1. The number of nitrogens with zero attached hydrogens (tertiary/aromatic N) is 1. The zero-order chi connectivity index (χ0) is 13.1. The van der Waals surface area contributed by atoms with Crippen molar-refractivity contribution in [3.63, 3.8) is 0 Å². The fourth-order valence-corrected chi connectivity index (χ4v) is 1.13. The van der Waals surface area contributed by atoms with Crippen LogP contribution < -0.4 is 4.74 Å². The molecule has 0 spiro atoms. The predicted octanol–water partition coefficient (Wildman–Crippen LogP) is 2.62. The molecule has 0 heterocycles. The SMILES string of the molecule is COC(O)c1cc(N=O)ccc1OC(F)(F)F. The standard InChI is InChI=1S/C9H8F3NO4/c1-16-8(14)6-4-5(13-15)2-3-7(6)17-9(10,11)12/h2-4,8,14H,1H3. The number of halogens is 3. The second kappa shape index (κ2) is 5.11. The van der Waals surface area contributed by atoms with Gasteiger partial charge in [0.2, 0.25) is 0 Å². The van der Waals surface area contributed by atoms with Crippen LogP contribution in [0.5, 0.6) is 5.75 Å². The van der Waals surface area contributed by atoms with Crippen LogP contribution in [0.4, 0.5) is 18.9 Å². The number of alkyl halides is 3. The average Bonchev–Trinajstić information content (AvgIpc) is 2.26. The van der Waals surface area contributed by atoms with E-state index in [9.17, 15) is 23.2 Å². The molecule has 1 N–H and O–H groups in total. The van der Waals surface area contributed by atoms with Crippen LogP contribution in [-0.2, 0) is 4.74 Å². The van der Waals surface area contributed by atoms with Gasteiger partial charge >= 0.3 is 6.36 Å². The van der Waals surface area contributed by atoms with E-state index in [4.69, 9.17) is 0 Å². The van der Waals surface area contributed by atoms with Gasteiger partial charge in [-0.05, 0) is 23.4 Å². The first-order valence-electron chi connectivity index (χ1n) is 4.31. The van der Waals surface area contributed by atoms with E-state index in [1.165, 1.54) is 0 Å². The smallest absolute Gasteiger partial charge is 0.405 e. The first-order valence-corrected chi connectivity index (χ1v) is 4.31. The maximum atomic E-state index is 12.0. The van der Waals surface area contributed by atoms with Crippen molar-refractivity contribution in [2.24, 2.45) is 5.18 Å². The summed E-state index contributed by atoms with van der Waals surface area (Å²) in [5.74, 6) is -0.653. The molecule has 1 unspecified atom stereocenters. The van der Waals surface area contributed by atoms with E-state index in [-0.39, 0.29) is 11.3 Å². The molecule has 1 atom stereocenters. The molecule has 0 saturated carbocycles. The Balaban J connectivity index is 3.15. The summed E-state index contributed by atoms with van der Waals surface area (Å²) in [5.41, 5.74) is -0.479. The van der Waals surface area contributed by atoms with E-state index in [0.717, 1.165) is 25.3 Å². The number of hydrogen-bond donors (Lipinski definition) is 1. The summed E-state index contributed by atoms with van der Waals surface area (Å²) in [6.07, 6.45) is -6.55. The second-order valence-corrected chi connectivity index (χ2v) is 2.95. The Kier molecular flexibility index (Phi) is 4.02. The van der Waals surface area contributed by atoms with Crippen molar-refractivity contribution in [3.8, 4) is 5.75 Å². The van der Waals surface area contributed by atoms with Crippen molar-refractivity contribution in [3.05, 3.63) is 28.7 Å². The molecule has 0 bridgehead atoms. The van der Waals surface area contributed by atoms with Gasteiger partial charge in [-0.2, -0.15) is 0 Å². The highest BCUT2D eigenvalue weighted by atomic mass is 19.4. The minimum atomic E-state index is -4.90. The van der Waals surface area contributed by atoms with Gasteiger partial charge in [0.15, 0.2) is 6.29 Å². The van der Waals surface area contributed by atoms with Crippen LogP contribution in [0.3, 0.4) is 0 Å². The first kappa shape index (κ1) is 13.4. The van der Waals surface area contributed by atoms with Gasteiger partial charge < -0.3 is 14.6 Å². The fraction of sp³-hybridized carbons (Fsp3) is 0.333. The normalized spacial score (nSPS) is 13.2. The lowest BCUT2D eigenvalue weighted by Crippen LogP contribution is -2.19. The Morgan fingerprint density at radius 3 is 2.53 bits per heavy atom. The molecule has 0 radical (unpaired) electrons. The van der Waals surface area contributed by atoms with Crippen LogP contribution in [0.15, 0.2) is 23.4 Å². The number of hydrogen-bond acceptors (Lipinski definition) is 5. The Labute approximate surface area is 93.7 Å². The highest BCUT2D eigenvalue weighted by molar-refractivity contribution is 5.47. The molecule has 0 amide bonds. The Morgan fingerprint density at radius 2 is 2.06 bits per heavy atom. The zero-order valence-electron chi connectivity index (χ0n) is 8.56.